The number of thioether (sulfide) groups is 1. The van der Waals surface area contributed by atoms with E-state index >= 15 is 0 Å². The first-order valence-electron chi connectivity index (χ1n) is 4.80. The Hall–Kier alpha value is 0.160. The van der Waals surface area contributed by atoms with Crippen molar-refractivity contribution in [1.82, 2.24) is 0 Å². The Balaban J connectivity index is 4.09. The summed E-state index contributed by atoms with van der Waals surface area (Å²) >= 11 is 6.07. The van der Waals surface area contributed by atoms with E-state index in [1.807, 2.05) is 20.8 Å². The van der Waals surface area contributed by atoms with Crippen LogP contribution in [0.15, 0.2) is 0 Å². The predicted molar refractivity (Wildman–Crippen MR) is 65.3 cm³/mol. The molecule has 0 aromatic heterocycles. The summed E-state index contributed by atoms with van der Waals surface area (Å²) in [5.74, 6) is 0. The van der Waals surface area contributed by atoms with Crippen molar-refractivity contribution in [2.45, 2.75) is 38.7 Å². The lowest BCUT2D eigenvalue weighted by atomic mass is 10.5. The average Bonchev–Trinajstić information content (AvgIpc) is 2.11. The molecule has 0 aromatic carbocycles. The van der Waals surface area contributed by atoms with E-state index < -0.39 is 5.12 Å². The largest absolute Gasteiger partial charge is 0.384 e. The summed E-state index contributed by atoms with van der Waals surface area (Å²) in [5.41, 5.74) is 5.46. The van der Waals surface area contributed by atoms with Crippen LogP contribution in [0, 0.1) is 0 Å². The van der Waals surface area contributed by atoms with Gasteiger partial charge in [-0.05, 0) is 24.6 Å². The zero-order valence-corrected chi connectivity index (χ0v) is 10.7. The number of hydrogen-bond acceptors (Lipinski definition) is 4. The van der Waals surface area contributed by atoms with E-state index in [1.54, 1.807) is 0 Å². The Morgan fingerprint density at radius 1 is 1.29 bits per heavy atom. The van der Waals surface area contributed by atoms with Gasteiger partial charge in [-0.2, -0.15) is 0 Å². The fraction of sp³-hybridized carbons (Fsp3) is 0.889. The number of nitrogens with two attached hydrogens (primary N) is 1. The van der Waals surface area contributed by atoms with Crippen LogP contribution in [0.5, 0.6) is 0 Å². The number of thiocarbonyl (C=S) groups is 1. The van der Waals surface area contributed by atoms with Crippen molar-refractivity contribution in [3.8, 4) is 0 Å². The molecular weight excluding hydrogens is 218 g/mol. The van der Waals surface area contributed by atoms with E-state index in [0.717, 1.165) is 12.8 Å². The fourth-order valence-electron chi connectivity index (χ4n) is 0.858. The van der Waals surface area contributed by atoms with Crippen molar-refractivity contribution in [3.63, 3.8) is 0 Å². The average molecular weight is 237 g/mol. The normalized spacial score (nSPS) is 11.6. The minimum Gasteiger partial charge on any atom is -0.384 e. The summed E-state index contributed by atoms with van der Waals surface area (Å²) in [5, 5.41) is -0.724. The Morgan fingerprint density at radius 3 is 2.00 bits per heavy atom. The van der Waals surface area contributed by atoms with Crippen LogP contribution in [-0.2, 0) is 9.47 Å². The third-order valence-corrected chi connectivity index (χ3v) is 2.48. The first kappa shape index (κ1) is 14.2. The molecule has 0 saturated carbocycles. The molecule has 0 spiro atoms. The molecule has 0 unspecified atom stereocenters. The highest BCUT2D eigenvalue weighted by atomic mass is 32.2. The van der Waals surface area contributed by atoms with Gasteiger partial charge in [-0.3, -0.25) is 0 Å². The monoisotopic (exact) mass is 237 g/mol. The molecule has 84 valence electrons. The van der Waals surface area contributed by atoms with Crippen molar-refractivity contribution in [3.05, 3.63) is 0 Å². The van der Waals surface area contributed by atoms with Crippen LogP contribution in [0.25, 0.3) is 0 Å². The summed E-state index contributed by atoms with van der Waals surface area (Å²) in [6, 6.07) is 0. The molecule has 0 atom stereocenters. The summed E-state index contributed by atoms with van der Waals surface area (Å²) in [7, 11) is 0. The molecule has 0 bridgehead atoms. The SMILES string of the molecule is CCCOC(C)(OCCC)SC(N)=S. The maximum Gasteiger partial charge on any atom is 0.221 e. The molecule has 0 aliphatic carbocycles. The molecule has 0 amide bonds. The first-order valence-corrected chi connectivity index (χ1v) is 6.03. The fourth-order valence-corrected chi connectivity index (χ4v) is 1.96. The zero-order chi connectivity index (χ0) is 11.0. The van der Waals surface area contributed by atoms with Gasteiger partial charge in [0.05, 0.1) is 13.2 Å². The minimum absolute atomic E-state index is 0.347. The molecule has 3 nitrogen and oxygen atoms in total. The molecule has 0 fully saturated rings. The maximum atomic E-state index is 5.56. The quantitative estimate of drug-likeness (QED) is 0.544. The second-order valence-electron chi connectivity index (χ2n) is 2.98. The van der Waals surface area contributed by atoms with E-state index in [0.29, 0.717) is 17.5 Å². The Kier molecular flexibility index (Phi) is 7.54. The highest BCUT2D eigenvalue weighted by Crippen LogP contribution is 2.28. The lowest BCUT2D eigenvalue weighted by molar-refractivity contribution is -0.158. The third-order valence-electron chi connectivity index (χ3n) is 1.42. The first-order chi connectivity index (χ1) is 6.54. The van der Waals surface area contributed by atoms with Crippen molar-refractivity contribution in [2.75, 3.05) is 13.2 Å². The van der Waals surface area contributed by atoms with Gasteiger partial charge in [-0.25, -0.2) is 0 Å². The van der Waals surface area contributed by atoms with Gasteiger partial charge in [0, 0.05) is 6.92 Å². The number of ether oxygens (including phenoxy) is 2. The highest BCUT2D eigenvalue weighted by Gasteiger charge is 2.27. The van der Waals surface area contributed by atoms with E-state index in [-0.39, 0.29) is 0 Å². The lowest BCUT2D eigenvalue weighted by Gasteiger charge is -2.28. The molecule has 0 heterocycles. The van der Waals surface area contributed by atoms with Crippen molar-refractivity contribution < 1.29 is 9.47 Å². The second-order valence-corrected chi connectivity index (χ2v) is 5.06. The van der Waals surface area contributed by atoms with Crippen LogP contribution in [-0.4, -0.2) is 22.7 Å². The van der Waals surface area contributed by atoms with E-state index in [1.165, 1.54) is 11.8 Å². The lowest BCUT2D eigenvalue weighted by Crippen LogP contribution is -2.32. The van der Waals surface area contributed by atoms with Crippen LogP contribution < -0.4 is 5.73 Å². The zero-order valence-electron chi connectivity index (χ0n) is 9.04. The van der Waals surface area contributed by atoms with Gasteiger partial charge < -0.3 is 15.2 Å². The van der Waals surface area contributed by atoms with Crippen LogP contribution >= 0.6 is 24.0 Å². The summed E-state index contributed by atoms with van der Waals surface area (Å²) < 4.78 is 11.5. The van der Waals surface area contributed by atoms with Gasteiger partial charge in [-0.15, -0.1) is 0 Å². The van der Waals surface area contributed by atoms with E-state index in [9.17, 15) is 0 Å². The topological polar surface area (TPSA) is 44.5 Å². The molecule has 0 aromatic rings. The van der Waals surface area contributed by atoms with E-state index in [4.69, 9.17) is 27.4 Å². The molecule has 0 aliphatic rings. The Morgan fingerprint density at radius 2 is 1.71 bits per heavy atom. The van der Waals surface area contributed by atoms with Gasteiger partial charge in [0.2, 0.25) is 5.12 Å². The highest BCUT2D eigenvalue weighted by molar-refractivity contribution is 8.23. The second kappa shape index (κ2) is 7.45. The molecule has 0 rings (SSSR count). The van der Waals surface area contributed by atoms with E-state index in [2.05, 4.69) is 0 Å². The van der Waals surface area contributed by atoms with Crippen LogP contribution in [0.4, 0.5) is 0 Å². The molecule has 0 saturated heterocycles. The Bertz CT molecular complexity index is 168. The molecule has 0 aliphatic heterocycles. The molecule has 0 radical (unpaired) electrons. The summed E-state index contributed by atoms with van der Waals surface area (Å²) in [4.78, 5) is 0. The van der Waals surface area contributed by atoms with Crippen molar-refractivity contribution in [1.29, 1.82) is 0 Å². The molecule has 14 heavy (non-hydrogen) atoms. The summed E-state index contributed by atoms with van der Waals surface area (Å²) in [6.45, 7) is 7.24. The van der Waals surface area contributed by atoms with Crippen molar-refractivity contribution in [2.24, 2.45) is 5.73 Å². The van der Waals surface area contributed by atoms with Gasteiger partial charge >= 0.3 is 0 Å². The predicted octanol–water partition coefficient (Wildman–Crippen LogP) is 2.49. The van der Waals surface area contributed by atoms with Gasteiger partial charge in [-0.1, -0.05) is 26.1 Å². The molecule has 2 N–H and O–H groups in total. The van der Waals surface area contributed by atoms with Gasteiger partial charge in [0.15, 0.2) is 0 Å². The maximum absolute atomic E-state index is 5.56. The third kappa shape index (κ3) is 6.59. The number of hydrogen-bond donors (Lipinski definition) is 1. The van der Waals surface area contributed by atoms with Crippen LogP contribution in [0.3, 0.4) is 0 Å². The van der Waals surface area contributed by atoms with Gasteiger partial charge in [0.25, 0.3) is 0 Å². The van der Waals surface area contributed by atoms with Crippen LogP contribution in [0.2, 0.25) is 0 Å². The van der Waals surface area contributed by atoms with Gasteiger partial charge in [0.1, 0.15) is 4.32 Å². The summed E-state index contributed by atoms with van der Waals surface area (Å²) in [6.07, 6.45) is 1.89. The molecular formula is C9H19NO2S2. The number of rotatable bonds is 7. The standard InChI is InChI=1S/C9H19NO2S2/c1-4-6-11-9(3,12-7-5-2)14-8(10)13/h4-7H2,1-3H3,(H2,10,13). The minimum atomic E-state index is -0.724. The smallest absolute Gasteiger partial charge is 0.221 e. The van der Waals surface area contributed by atoms with Crippen molar-refractivity contribution >= 4 is 28.3 Å². The Labute approximate surface area is 95.7 Å². The van der Waals surface area contributed by atoms with Crippen LogP contribution in [0.1, 0.15) is 33.6 Å². The molecule has 5 heteroatoms.